The minimum absolute atomic E-state index is 0.00714. The predicted molar refractivity (Wildman–Crippen MR) is 107 cm³/mol. The predicted octanol–water partition coefficient (Wildman–Crippen LogP) is 3.09. The van der Waals surface area contributed by atoms with Crippen LogP contribution in [0.25, 0.3) is 0 Å². The lowest BCUT2D eigenvalue weighted by Crippen LogP contribution is -2.29. The van der Waals surface area contributed by atoms with E-state index in [-0.39, 0.29) is 29.2 Å². The van der Waals surface area contributed by atoms with Crippen LogP contribution >= 0.6 is 11.6 Å². The molecule has 0 aliphatic carbocycles. The number of esters is 3. The summed E-state index contributed by atoms with van der Waals surface area (Å²) in [6.45, 7) is 1.32. The molecule has 0 spiro atoms. The minimum atomic E-state index is -0.729. The van der Waals surface area contributed by atoms with Crippen molar-refractivity contribution < 1.29 is 33.4 Å². The van der Waals surface area contributed by atoms with Gasteiger partial charge in [-0.2, -0.15) is 0 Å². The summed E-state index contributed by atoms with van der Waals surface area (Å²) >= 11 is 6.18. The van der Waals surface area contributed by atoms with Gasteiger partial charge in [-0.1, -0.05) is 29.8 Å². The van der Waals surface area contributed by atoms with E-state index in [1.807, 2.05) is 0 Å². The molecular weight excluding hydrogens is 414 g/mol. The van der Waals surface area contributed by atoms with Gasteiger partial charge in [0, 0.05) is 11.9 Å². The summed E-state index contributed by atoms with van der Waals surface area (Å²) in [6, 6.07) is 9.83. The van der Waals surface area contributed by atoms with Crippen LogP contribution in [0.2, 0.25) is 5.02 Å². The Hall–Kier alpha value is -3.39. The van der Waals surface area contributed by atoms with Crippen molar-refractivity contribution in [1.82, 2.24) is 5.32 Å². The van der Waals surface area contributed by atoms with E-state index in [4.69, 9.17) is 16.3 Å². The van der Waals surface area contributed by atoms with Gasteiger partial charge in [0.25, 0.3) is 0 Å². The molecule has 0 aliphatic rings. The molecule has 0 heterocycles. The number of amides is 1. The molecule has 158 valence electrons. The highest BCUT2D eigenvalue weighted by molar-refractivity contribution is 6.31. The Balaban J connectivity index is 2.28. The van der Waals surface area contributed by atoms with Crippen molar-refractivity contribution in [3.8, 4) is 5.75 Å². The second-order valence-electron chi connectivity index (χ2n) is 6.18. The zero-order valence-corrected chi connectivity index (χ0v) is 17.3. The largest absolute Gasteiger partial charge is 0.465 e. The number of nitrogens with one attached hydrogen (secondary N) is 1. The number of ether oxygens (including phenoxy) is 3. The van der Waals surface area contributed by atoms with Crippen LogP contribution in [0.1, 0.15) is 45.7 Å². The maximum atomic E-state index is 12.5. The summed E-state index contributed by atoms with van der Waals surface area (Å²) in [5.74, 6) is -2.56. The Bertz CT molecular complexity index is 939. The molecule has 9 heteroatoms. The normalized spacial score (nSPS) is 11.2. The highest BCUT2D eigenvalue weighted by Crippen LogP contribution is 2.26. The summed E-state index contributed by atoms with van der Waals surface area (Å²) in [7, 11) is 2.36. The van der Waals surface area contributed by atoms with Crippen LogP contribution in [-0.4, -0.2) is 38.0 Å². The molecule has 2 aromatic rings. The molecule has 0 aromatic heterocycles. The Labute approximate surface area is 178 Å². The minimum Gasteiger partial charge on any atom is -0.465 e. The maximum Gasteiger partial charge on any atom is 0.338 e. The maximum absolute atomic E-state index is 12.5. The van der Waals surface area contributed by atoms with E-state index in [2.05, 4.69) is 14.8 Å². The zero-order chi connectivity index (χ0) is 22.3. The number of carbonyl (C=O) groups excluding carboxylic acids is 4. The molecule has 0 saturated heterocycles. The van der Waals surface area contributed by atoms with Crippen LogP contribution in [0, 0.1) is 0 Å². The molecule has 1 atom stereocenters. The van der Waals surface area contributed by atoms with E-state index in [0.29, 0.717) is 10.6 Å². The number of rotatable bonds is 7. The number of hydrogen-bond donors (Lipinski definition) is 1. The fourth-order valence-electron chi connectivity index (χ4n) is 2.71. The molecule has 2 rings (SSSR count). The van der Waals surface area contributed by atoms with Gasteiger partial charge in [0.1, 0.15) is 5.75 Å². The van der Waals surface area contributed by atoms with Gasteiger partial charge >= 0.3 is 17.9 Å². The first kappa shape index (κ1) is 22.9. The van der Waals surface area contributed by atoms with E-state index in [1.54, 1.807) is 24.3 Å². The topological polar surface area (TPSA) is 108 Å². The fraction of sp³-hybridized carbons (Fsp3) is 0.238. The highest BCUT2D eigenvalue weighted by atomic mass is 35.5. The second-order valence-corrected chi connectivity index (χ2v) is 6.59. The third kappa shape index (κ3) is 6.05. The lowest BCUT2D eigenvalue weighted by Gasteiger charge is -2.19. The molecule has 0 aliphatic heterocycles. The average molecular weight is 434 g/mol. The van der Waals surface area contributed by atoms with Gasteiger partial charge in [-0.25, -0.2) is 9.59 Å². The van der Waals surface area contributed by atoms with E-state index in [0.717, 1.165) is 0 Å². The van der Waals surface area contributed by atoms with Gasteiger partial charge in [0.2, 0.25) is 5.91 Å². The zero-order valence-electron chi connectivity index (χ0n) is 16.6. The third-order valence-electron chi connectivity index (χ3n) is 4.01. The van der Waals surface area contributed by atoms with Crippen molar-refractivity contribution in [3.05, 3.63) is 64.2 Å². The number of carbonyl (C=O) groups is 4. The van der Waals surface area contributed by atoms with E-state index < -0.39 is 23.9 Å². The van der Waals surface area contributed by atoms with Gasteiger partial charge in [-0.15, -0.1) is 0 Å². The van der Waals surface area contributed by atoms with Crippen LogP contribution in [0.5, 0.6) is 5.75 Å². The first-order chi connectivity index (χ1) is 14.2. The summed E-state index contributed by atoms with van der Waals surface area (Å²) in [4.78, 5) is 47.8. The molecule has 0 radical (unpaired) electrons. The van der Waals surface area contributed by atoms with Gasteiger partial charge in [0.05, 0.1) is 37.8 Å². The monoisotopic (exact) mass is 433 g/mol. The van der Waals surface area contributed by atoms with Crippen molar-refractivity contribution >= 4 is 35.4 Å². The lowest BCUT2D eigenvalue weighted by atomic mass is 10.0. The quantitative estimate of drug-likeness (QED) is 0.528. The first-order valence-electron chi connectivity index (χ1n) is 8.79. The van der Waals surface area contributed by atoms with Crippen molar-refractivity contribution in [2.24, 2.45) is 0 Å². The SMILES string of the molecule is COC(=O)c1cc(OC(=O)C[C@@H](NC(C)=O)c2ccccc2Cl)cc(C(=O)OC)c1. The molecule has 30 heavy (non-hydrogen) atoms. The smallest absolute Gasteiger partial charge is 0.338 e. The molecule has 0 saturated carbocycles. The number of benzene rings is 2. The second kappa shape index (κ2) is 10.4. The van der Waals surface area contributed by atoms with Gasteiger partial charge in [-0.05, 0) is 29.8 Å². The summed E-state index contributed by atoms with van der Waals surface area (Å²) in [6.07, 6.45) is -0.237. The van der Waals surface area contributed by atoms with Gasteiger partial charge < -0.3 is 19.5 Å². The van der Waals surface area contributed by atoms with Crippen LogP contribution in [0.3, 0.4) is 0 Å². The number of methoxy groups -OCH3 is 2. The molecular formula is C21H20ClNO7. The third-order valence-corrected chi connectivity index (χ3v) is 4.35. The molecule has 8 nitrogen and oxygen atoms in total. The van der Waals surface area contributed by atoms with Crippen LogP contribution in [-0.2, 0) is 19.1 Å². The van der Waals surface area contributed by atoms with Gasteiger partial charge in [-0.3, -0.25) is 9.59 Å². The summed E-state index contributed by atoms with van der Waals surface area (Å²) in [5.41, 5.74) is 0.560. The van der Waals surface area contributed by atoms with Crippen LogP contribution in [0.15, 0.2) is 42.5 Å². The van der Waals surface area contributed by atoms with Crippen LogP contribution in [0.4, 0.5) is 0 Å². The van der Waals surface area contributed by atoms with E-state index >= 15 is 0 Å². The molecule has 1 amide bonds. The van der Waals surface area contributed by atoms with E-state index in [9.17, 15) is 19.2 Å². The lowest BCUT2D eigenvalue weighted by molar-refractivity contribution is -0.135. The Morgan fingerprint density at radius 2 is 1.53 bits per heavy atom. The van der Waals surface area contributed by atoms with E-state index in [1.165, 1.54) is 39.3 Å². The highest BCUT2D eigenvalue weighted by Gasteiger charge is 2.22. The average Bonchev–Trinajstić information content (AvgIpc) is 2.71. The standard InChI is InChI=1S/C21H20ClNO7/c1-12(24)23-18(16-6-4-5-7-17(16)22)11-19(25)30-15-9-13(20(26)28-2)8-14(10-15)21(27)29-3/h4-10,18H,11H2,1-3H3,(H,23,24)/t18-/m1/s1. The Morgan fingerprint density at radius 3 is 2.03 bits per heavy atom. The first-order valence-corrected chi connectivity index (χ1v) is 9.16. The molecule has 2 aromatic carbocycles. The van der Waals surface area contributed by atoms with Crippen molar-refractivity contribution in [2.45, 2.75) is 19.4 Å². The summed E-state index contributed by atoms with van der Waals surface area (Å²) < 4.78 is 14.6. The van der Waals surface area contributed by atoms with Crippen molar-refractivity contribution in [3.63, 3.8) is 0 Å². The molecule has 1 N–H and O–H groups in total. The van der Waals surface area contributed by atoms with Crippen molar-refractivity contribution in [2.75, 3.05) is 14.2 Å². The Kier molecular flexibility index (Phi) is 7.94. The molecule has 0 fully saturated rings. The number of halogens is 1. The van der Waals surface area contributed by atoms with Crippen molar-refractivity contribution in [1.29, 1.82) is 0 Å². The fourth-order valence-corrected chi connectivity index (χ4v) is 2.98. The van der Waals surface area contributed by atoms with Gasteiger partial charge in [0.15, 0.2) is 0 Å². The van der Waals surface area contributed by atoms with Crippen LogP contribution < -0.4 is 10.1 Å². The number of hydrogen-bond acceptors (Lipinski definition) is 7. The molecule has 0 bridgehead atoms. The Morgan fingerprint density at radius 1 is 0.967 bits per heavy atom. The summed E-state index contributed by atoms with van der Waals surface area (Å²) in [5, 5.41) is 3.04. The molecule has 0 unspecified atom stereocenters.